The summed E-state index contributed by atoms with van der Waals surface area (Å²) in [6.45, 7) is 4.04. The fourth-order valence-corrected chi connectivity index (χ4v) is 5.70. The second-order valence-electron chi connectivity index (χ2n) is 10.9. The summed E-state index contributed by atoms with van der Waals surface area (Å²) in [5.41, 5.74) is 7.31. The Morgan fingerprint density at radius 1 is 1.02 bits per heavy atom. The van der Waals surface area contributed by atoms with Crippen LogP contribution in [0.25, 0.3) is 27.6 Å². The van der Waals surface area contributed by atoms with Crippen molar-refractivity contribution < 1.29 is 14.3 Å². The summed E-state index contributed by atoms with van der Waals surface area (Å²) in [6, 6.07) is 21.3. The zero-order valence-corrected chi connectivity index (χ0v) is 24.4. The maximum absolute atomic E-state index is 13.1. The summed E-state index contributed by atoms with van der Waals surface area (Å²) < 4.78 is 7.31. The molecule has 0 fully saturated rings. The highest BCUT2D eigenvalue weighted by molar-refractivity contribution is 5.94. The van der Waals surface area contributed by atoms with Crippen molar-refractivity contribution in [2.75, 3.05) is 47.4 Å². The molecule has 6 rings (SSSR count). The van der Waals surface area contributed by atoms with E-state index in [9.17, 15) is 9.59 Å². The van der Waals surface area contributed by atoms with Gasteiger partial charge in [-0.15, -0.1) is 5.10 Å². The van der Waals surface area contributed by atoms with Gasteiger partial charge < -0.3 is 19.5 Å². The second kappa shape index (κ2) is 11.3. The Balaban J connectivity index is 1.38. The molecular formula is C32H35N7O3. The largest absolute Gasteiger partial charge is 0.450 e. The Morgan fingerprint density at radius 2 is 1.81 bits per heavy atom. The number of carbonyl (C=O) groups excluding carboxylic acids is 2. The quantitative estimate of drug-likeness (QED) is 0.309. The van der Waals surface area contributed by atoms with Gasteiger partial charge in [-0.05, 0) is 81.0 Å². The van der Waals surface area contributed by atoms with E-state index >= 15 is 0 Å². The SMILES string of the molecule is CCOC(=O)N1CCc2c([nH]c3ccc(-n4nnc5ccccc54)cc23)C1c1ccc(C(=O)N(C)CCN(C)C)cc1. The van der Waals surface area contributed by atoms with Crippen molar-refractivity contribution >= 4 is 33.9 Å². The van der Waals surface area contributed by atoms with Gasteiger partial charge in [0.25, 0.3) is 5.91 Å². The molecule has 1 atom stereocenters. The Morgan fingerprint density at radius 3 is 2.57 bits per heavy atom. The van der Waals surface area contributed by atoms with Gasteiger partial charge in [0.1, 0.15) is 11.6 Å². The molecule has 3 aromatic carbocycles. The average Bonchev–Trinajstić information content (AvgIpc) is 3.60. The molecule has 0 spiro atoms. The Hall–Kier alpha value is -4.70. The number of H-pyrrole nitrogens is 1. The van der Waals surface area contributed by atoms with Crippen LogP contribution in [-0.2, 0) is 11.2 Å². The molecule has 1 aliphatic heterocycles. The van der Waals surface area contributed by atoms with Crippen LogP contribution in [0.1, 0.15) is 40.1 Å². The number of rotatable bonds is 7. The molecule has 1 N–H and O–H groups in total. The van der Waals surface area contributed by atoms with Crippen LogP contribution in [0.15, 0.2) is 66.7 Å². The van der Waals surface area contributed by atoms with Crippen molar-refractivity contribution in [1.29, 1.82) is 0 Å². The number of carbonyl (C=O) groups is 2. The smallest absolute Gasteiger partial charge is 0.410 e. The normalized spacial score (nSPS) is 14.9. The van der Waals surface area contributed by atoms with Crippen LogP contribution in [0, 0.1) is 0 Å². The first-order chi connectivity index (χ1) is 20.4. The first-order valence-electron chi connectivity index (χ1n) is 14.2. The third kappa shape index (κ3) is 4.98. The van der Waals surface area contributed by atoms with Crippen LogP contribution < -0.4 is 0 Å². The molecule has 0 radical (unpaired) electrons. The van der Waals surface area contributed by atoms with Gasteiger partial charge in [-0.3, -0.25) is 9.69 Å². The predicted octanol–water partition coefficient (Wildman–Crippen LogP) is 4.64. The fourth-order valence-electron chi connectivity index (χ4n) is 5.70. The number of fused-ring (bicyclic) bond motifs is 4. The van der Waals surface area contributed by atoms with Crippen molar-refractivity contribution in [3.05, 3.63) is 89.1 Å². The molecule has 0 saturated heterocycles. The summed E-state index contributed by atoms with van der Waals surface area (Å²) in [7, 11) is 5.79. The maximum atomic E-state index is 13.1. The van der Waals surface area contributed by atoms with E-state index in [1.165, 1.54) is 0 Å². The molecule has 1 aliphatic rings. The maximum Gasteiger partial charge on any atom is 0.410 e. The number of amides is 2. The van der Waals surface area contributed by atoms with E-state index in [2.05, 4.69) is 32.3 Å². The van der Waals surface area contributed by atoms with E-state index in [0.29, 0.717) is 31.7 Å². The average molecular weight is 566 g/mol. The Labute approximate surface area is 244 Å². The van der Waals surface area contributed by atoms with E-state index in [-0.39, 0.29) is 18.0 Å². The number of likely N-dealkylation sites (N-methyl/N-ethyl adjacent to an activating group) is 2. The van der Waals surface area contributed by atoms with E-state index in [4.69, 9.17) is 4.74 Å². The zero-order chi connectivity index (χ0) is 29.4. The standard InChI is InChI=1S/C32H35N7O3/c1-5-42-32(41)38-17-16-24-25-20-23(39-28-9-7-6-8-27(28)34-35-39)14-15-26(25)33-29(24)30(38)21-10-12-22(13-11-21)31(40)37(4)19-18-36(2)3/h6-15,20,30,33H,5,16-19H2,1-4H3. The number of hydrogen-bond acceptors (Lipinski definition) is 6. The summed E-state index contributed by atoms with van der Waals surface area (Å²) >= 11 is 0. The fraction of sp³-hybridized carbons (Fsp3) is 0.312. The lowest BCUT2D eigenvalue weighted by Gasteiger charge is -2.35. The lowest BCUT2D eigenvalue weighted by Crippen LogP contribution is -2.41. The number of aromatic amines is 1. The van der Waals surface area contributed by atoms with Gasteiger partial charge >= 0.3 is 6.09 Å². The highest BCUT2D eigenvalue weighted by atomic mass is 16.6. The molecule has 216 valence electrons. The van der Waals surface area contributed by atoms with E-state index < -0.39 is 0 Å². The van der Waals surface area contributed by atoms with E-state index in [0.717, 1.165) is 51.0 Å². The molecule has 5 aromatic rings. The molecular weight excluding hydrogens is 530 g/mol. The molecule has 2 amide bonds. The van der Waals surface area contributed by atoms with Crippen LogP contribution in [0.5, 0.6) is 0 Å². The summed E-state index contributed by atoms with van der Waals surface area (Å²) in [6.07, 6.45) is 0.324. The Bertz CT molecular complexity index is 1760. The van der Waals surface area contributed by atoms with Crippen molar-refractivity contribution in [2.45, 2.75) is 19.4 Å². The third-order valence-corrected chi connectivity index (χ3v) is 7.91. The molecule has 10 nitrogen and oxygen atoms in total. The van der Waals surface area contributed by atoms with Crippen LogP contribution in [0.3, 0.4) is 0 Å². The highest BCUT2D eigenvalue weighted by Crippen LogP contribution is 2.39. The monoisotopic (exact) mass is 565 g/mol. The minimum absolute atomic E-state index is 0.0336. The summed E-state index contributed by atoms with van der Waals surface area (Å²) in [5, 5.41) is 9.80. The lowest BCUT2D eigenvalue weighted by molar-refractivity contribution is 0.0785. The molecule has 0 aliphatic carbocycles. The van der Waals surface area contributed by atoms with Crippen LogP contribution in [-0.4, -0.2) is 94.1 Å². The number of benzene rings is 3. The van der Waals surface area contributed by atoms with Crippen LogP contribution in [0.2, 0.25) is 0 Å². The molecule has 42 heavy (non-hydrogen) atoms. The lowest BCUT2D eigenvalue weighted by atomic mass is 9.92. The molecule has 1 unspecified atom stereocenters. The molecule has 0 bridgehead atoms. The van der Waals surface area contributed by atoms with Gasteiger partial charge in [0.2, 0.25) is 0 Å². The number of ether oxygens (including phenoxy) is 1. The van der Waals surface area contributed by atoms with E-state index in [1.54, 1.807) is 9.80 Å². The zero-order valence-electron chi connectivity index (χ0n) is 24.4. The minimum atomic E-state index is -0.383. The Kier molecular flexibility index (Phi) is 7.38. The number of nitrogens with zero attached hydrogens (tertiary/aromatic N) is 6. The molecule has 0 saturated carbocycles. The summed E-state index contributed by atoms with van der Waals surface area (Å²) in [4.78, 5) is 35.3. The number of nitrogens with one attached hydrogen (secondary N) is 1. The van der Waals surface area contributed by atoms with E-state index in [1.807, 2.05) is 87.3 Å². The number of aromatic nitrogens is 4. The molecule has 3 heterocycles. The van der Waals surface area contributed by atoms with Gasteiger partial charge in [-0.1, -0.05) is 29.5 Å². The highest BCUT2D eigenvalue weighted by Gasteiger charge is 2.35. The van der Waals surface area contributed by atoms with Crippen molar-refractivity contribution in [3.8, 4) is 5.69 Å². The van der Waals surface area contributed by atoms with Gasteiger partial charge in [0.15, 0.2) is 0 Å². The van der Waals surface area contributed by atoms with Gasteiger partial charge in [-0.25, -0.2) is 9.48 Å². The van der Waals surface area contributed by atoms with Crippen molar-refractivity contribution in [1.82, 2.24) is 34.7 Å². The number of hydrogen-bond donors (Lipinski definition) is 1. The third-order valence-electron chi connectivity index (χ3n) is 7.91. The molecule has 2 aromatic heterocycles. The predicted molar refractivity (Wildman–Crippen MR) is 162 cm³/mol. The second-order valence-corrected chi connectivity index (χ2v) is 10.9. The van der Waals surface area contributed by atoms with Gasteiger partial charge in [-0.2, -0.15) is 0 Å². The van der Waals surface area contributed by atoms with Gasteiger partial charge in [0.05, 0.1) is 17.8 Å². The topological polar surface area (TPSA) is 99.6 Å². The van der Waals surface area contributed by atoms with Crippen LogP contribution in [0.4, 0.5) is 4.79 Å². The first-order valence-corrected chi connectivity index (χ1v) is 14.2. The first kappa shape index (κ1) is 27.5. The minimum Gasteiger partial charge on any atom is -0.450 e. The summed E-state index contributed by atoms with van der Waals surface area (Å²) in [5.74, 6) is -0.0336. The van der Waals surface area contributed by atoms with Gasteiger partial charge in [0, 0.05) is 48.8 Å². The number of para-hydroxylation sites is 1. The molecule has 10 heteroatoms. The van der Waals surface area contributed by atoms with Crippen molar-refractivity contribution in [3.63, 3.8) is 0 Å². The van der Waals surface area contributed by atoms with Crippen molar-refractivity contribution in [2.24, 2.45) is 0 Å². The van der Waals surface area contributed by atoms with Crippen LogP contribution >= 0.6 is 0 Å².